The summed E-state index contributed by atoms with van der Waals surface area (Å²) in [5.41, 5.74) is -0.692. The molecule has 0 unspecified atom stereocenters. The van der Waals surface area contributed by atoms with Gasteiger partial charge in [0, 0.05) is 4.83 Å². The van der Waals surface area contributed by atoms with Crippen molar-refractivity contribution >= 4 is 27.5 Å². The summed E-state index contributed by atoms with van der Waals surface area (Å²) in [6, 6.07) is 0. The summed E-state index contributed by atoms with van der Waals surface area (Å²) >= 11 is 10.2. The molecule has 2 nitrogen and oxygen atoms in total. The second-order valence-corrected chi connectivity index (χ2v) is 11.3. The number of aliphatic hydroxyl groups is 1. The van der Waals surface area contributed by atoms with Crippen molar-refractivity contribution in [3.05, 3.63) is 12.7 Å². The van der Waals surface area contributed by atoms with Crippen molar-refractivity contribution in [3.8, 4) is 0 Å². The van der Waals surface area contributed by atoms with Crippen LogP contribution in [0.3, 0.4) is 0 Å². The van der Waals surface area contributed by atoms with Crippen LogP contribution in [-0.2, 0) is 4.74 Å². The van der Waals surface area contributed by atoms with Gasteiger partial charge in [-0.2, -0.15) is 0 Å². The normalized spacial score (nSPS) is 39.7. The summed E-state index contributed by atoms with van der Waals surface area (Å²) in [5.74, 6) is 0.466. The summed E-state index contributed by atoms with van der Waals surface area (Å²) in [7, 11) is 0. The second kappa shape index (κ2) is 6.87. The van der Waals surface area contributed by atoms with E-state index in [2.05, 4.69) is 50.2 Å². The zero-order valence-electron chi connectivity index (χ0n) is 15.9. The van der Waals surface area contributed by atoms with Crippen LogP contribution in [0.2, 0.25) is 0 Å². The summed E-state index contributed by atoms with van der Waals surface area (Å²) in [5, 5.41) is 10.3. The molecule has 0 aromatic carbocycles. The highest BCUT2D eigenvalue weighted by Gasteiger charge is 2.62. The van der Waals surface area contributed by atoms with Crippen molar-refractivity contribution in [1.82, 2.24) is 0 Å². The largest absolute Gasteiger partial charge is 0.386 e. The number of fused-ring (bicyclic) bond motifs is 2. The molecular weight excluding hydrogens is 388 g/mol. The Hall–Kier alpha value is 0.430. The standard InChI is InChI=1S/C20H34BrClO2/c1-7-18(4,23)11-8-14-19(5,12-9-15(21)17(2,3)22)16-10-13-20(14,6)24-16/h7,14-16,23H,1,8-13H2,2-6H3/t14-,15+,16-,18+,19-,20+/m1/s1. The van der Waals surface area contributed by atoms with Crippen LogP contribution in [0.15, 0.2) is 12.7 Å². The molecule has 0 aromatic rings. The van der Waals surface area contributed by atoms with E-state index in [-0.39, 0.29) is 20.7 Å². The Kier molecular flexibility index (Phi) is 5.93. The van der Waals surface area contributed by atoms with E-state index in [1.165, 1.54) is 0 Å². The lowest BCUT2D eigenvalue weighted by molar-refractivity contribution is -0.000272. The fourth-order valence-corrected chi connectivity index (χ4v) is 5.13. The van der Waals surface area contributed by atoms with Crippen molar-refractivity contribution < 1.29 is 9.84 Å². The molecule has 0 radical (unpaired) electrons. The topological polar surface area (TPSA) is 29.5 Å². The molecule has 0 saturated carbocycles. The monoisotopic (exact) mass is 420 g/mol. The first kappa shape index (κ1) is 20.7. The smallest absolute Gasteiger partial charge is 0.0797 e. The molecule has 0 aromatic heterocycles. The lowest BCUT2D eigenvalue weighted by Crippen LogP contribution is -2.44. The molecule has 2 aliphatic rings. The van der Waals surface area contributed by atoms with Crippen molar-refractivity contribution in [2.45, 2.75) is 100 Å². The summed E-state index contributed by atoms with van der Waals surface area (Å²) in [6.07, 6.45) is 8.12. The quantitative estimate of drug-likeness (QED) is 0.394. The van der Waals surface area contributed by atoms with E-state index in [9.17, 15) is 5.11 Å². The Labute approximate surface area is 161 Å². The first-order chi connectivity index (χ1) is 10.8. The molecule has 24 heavy (non-hydrogen) atoms. The zero-order chi connectivity index (χ0) is 18.4. The van der Waals surface area contributed by atoms with Gasteiger partial charge in [-0.25, -0.2) is 0 Å². The van der Waals surface area contributed by atoms with Gasteiger partial charge in [0.25, 0.3) is 0 Å². The molecule has 0 amide bonds. The van der Waals surface area contributed by atoms with Crippen LogP contribution in [0.4, 0.5) is 0 Å². The summed E-state index contributed by atoms with van der Waals surface area (Å²) in [6.45, 7) is 14.4. The highest BCUT2D eigenvalue weighted by Crippen LogP contribution is 2.61. The maximum atomic E-state index is 10.3. The van der Waals surface area contributed by atoms with Gasteiger partial charge < -0.3 is 9.84 Å². The predicted molar refractivity (Wildman–Crippen MR) is 106 cm³/mol. The van der Waals surface area contributed by atoms with E-state index >= 15 is 0 Å². The van der Waals surface area contributed by atoms with E-state index in [1.54, 1.807) is 6.08 Å². The van der Waals surface area contributed by atoms with E-state index in [4.69, 9.17) is 16.3 Å². The van der Waals surface area contributed by atoms with Crippen LogP contribution < -0.4 is 0 Å². The molecule has 2 rings (SSSR count). The Morgan fingerprint density at radius 3 is 2.58 bits per heavy atom. The van der Waals surface area contributed by atoms with E-state index in [1.807, 2.05) is 6.92 Å². The van der Waals surface area contributed by atoms with Crippen LogP contribution in [0.25, 0.3) is 0 Å². The Balaban J connectivity index is 2.11. The van der Waals surface area contributed by atoms with Gasteiger partial charge in [0.05, 0.1) is 22.2 Å². The average Bonchev–Trinajstić information content (AvgIpc) is 2.95. The molecular formula is C20H34BrClO2. The fraction of sp³-hybridized carbons (Fsp3) is 0.900. The van der Waals surface area contributed by atoms with Gasteiger partial charge in [-0.3, -0.25) is 0 Å². The first-order valence-electron chi connectivity index (χ1n) is 9.21. The van der Waals surface area contributed by atoms with Gasteiger partial charge >= 0.3 is 0 Å². The minimum atomic E-state index is -0.796. The van der Waals surface area contributed by atoms with E-state index in [0.717, 1.165) is 38.5 Å². The van der Waals surface area contributed by atoms with Gasteiger partial charge in [-0.15, -0.1) is 18.2 Å². The molecule has 0 spiro atoms. The maximum Gasteiger partial charge on any atom is 0.0797 e. The van der Waals surface area contributed by atoms with Crippen molar-refractivity contribution in [2.24, 2.45) is 11.3 Å². The molecule has 2 fully saturated rings. The van der Waals surface area contributed by atoms with Gasteiger partial charge in [0.1, 0.15) is 0 Å². The SMILES string of the molecule is C=C[C@](C)(O)CC[C@@H]1[C@@](C)(CC[C@H](Br)C(C)(C)Cl)[C@H]2CC[C@]1(C)O2. The third-order valence-corrected chi connectivity index (χ3v) is 8.77. The summed E-state index contributed by atoms with van der Waals surface area (Å²) < 4.78 is 6.45. The number of hydrogen-bond acceptors (Lipinski definition) is 2. The minimum Gasteiger partial charge on any atom is -0.386 e. The lowest BCUT2D eigenvalue weighted by Gasteiger charge is -2.43. The molecule has 140 valence electrons. The van der Waals surface area contributed by atoms with Crippen LogP contribution in [-0.4, -0.2) is 32.1 Å². The maximum absolute atomic E-state index is 10.3. The predicted octanol–water partition coefficient (Wildman–Crippen LogP) is 5.84. The number of ether oxygens (including phenoxy) is 1. The molecule has 0 aliphatic carbocycles. The molecule has 2 aliphatic heterocycles. The average molecular weight is 422 g/mol. The van der Waals surface area contributed by atoms with E-state index < -0.39 is 5.60 Å². The van der Waals surface area contributed by atoms with Crippen molar-refractivity contribution in [1.29, 1.82) is 0 Å². The van der Waals surface area contributed by atoms with Crippen LogP contribution >= 0.6 is 27.5 Å². The van der Waals surface area contributed by atoms with Crippen molar-refractivity contribution in [3.63, 3.8) is 0 Å². The van der Waals surface area contributed by atoms with Crippen LogP contribution in [0.5, 0.6) is 0 Å². The molecule has 1 N–H and O–H groups in total. The van der Waals surface area contributed by atoms with Gasteiger partial charge in [0.15, 0.2) is 0 Å². The third kappa shape index (κ3) is 4.05. The summed E-state index contributed by atoms with van der Waals surface area (Å²) in [4.78, 5) is 0.0353. The van der Waals surface area contributed by atoms with Gasteiger partial charge in [-0.05, 0) is 77.6 Å². The van der Waals surface area contributed by atoms with Crippen molar-refractivity contribution in [2.75, 3.05) is 0 Å². The zero-order valence-corrected chi connectivity index (χ0v) is 18.2. The lowest BCUT2D eigenvalue weighted by atomic mass is 9.59. The van der Waals surface area contributed by atoms with Gasteiger partial charge in [0.2, 0.25) is 0 Å². The van der Waals surface area contributed by atoms with Crippen LogP contribution in [0.1, 0.15) is 73.1 Å². The highest BCUT2D eigenvalue weighted by atomic mass is 79.9. The number of alkyl halides is 2. The van der Waals surface area contributed by atoms with Gasteiger partial charge in [-0.1, -0.05) is 28.9 Å². The Morgan fingerprint density at radius 2 is 2.04 bits per heavy atom. The molecule has 4 heteroatoms. The number of hydrogen-bond donors (Lipinski definition) is 1. The fourth-order valence-electron chi connectivity index (χ4n) is 4.79. The highest BCUT2D eigenvalue weighted by molar-refractivity contribution is 9.09. The minimum absolute atomic E-state index is 0.0467. The number of rotatable bonds is 8. The molecule has 6 atom stereocenters. The number of halogens is 2. The van der Waals surface area contributed by atoms with Crippen LogP contribution in [0, 0.1) is 11.3 Å². The molecule has 2 saturated heterocycles. The van der Waals surface area contributed by atoms with E-state index in [0.29, 0.717) is 12.0 Å². The molecule has 2 heterocycles. The Bertz CT molecular complexity index is 473. The Morgan fingerprint density at radius 1 is 1.42 bits per heavy atom. The first-order valence-corrected chi connectivity index (χ1v) is 10.5. The third-order valence-electron chi connectivity index (χ3n) is 6.64. The second-order valence-electron chi connectivity index (χ2n) is 9.19. The molecule has 2 bridgehead atoms.